The predicted molar refractivity (Wildman–Crippen MR) is 111 cm³/mol. The Hall–Kier alpha value is -2.70. The Morgan fingerprint density at radius 3 is 1.96 bits per heavy atom. The van der Waals surface area contributed by atoms with E-state index >= 15 is 0 Å². The highest BCUT2D eigenvalue weighted by molar-refractivity contribution is 5.55. The number of para-hydroxylation sites is 1. The third kappa shape index (κ3) is 6.31. The average molecular weight is 356 g/mol. The number of benzene rings is 2. The lowest BCUT2D eigenvalue weighted by Gasteiger charge is -2.37. The Morgan fingerprint density at radius 2 is 1.46 bits per heavy atom. The van der Waals surface area contributed by atoms with Crippen molar-refractivity contribution < 1.29 is 5.32 Å². The maximum Gasteiger partial charge on any atom is 0.108 e. The van der Waals surface area contributed by atoms with E-state index in [9.17, 15) is 0 Å². The van der Waals surface area contributed by atoms with Crippen LogP contribution in [0.3, 0.4) is 0 Å². The number of anilines is 3. The van der Waals surface area contributed by atoms with E-state index in [1.54, 1.807) is 6.20 Å². The molecule has 1 saturated heterocycles. The second-order valence-corrected chi connectivity index (χ2v) is 6.00. The van der Waals surface area contributed by atoms with Crippen LogP contribution < -0.4 is 31.9 Å². The van der Waals surface area contributed by atoms with E-state index in [2.05, 4.69) is 57.6 Å². The van der Waals surface area contributed by atoms with Gasteiger partial charge in [0.25, 0.3) is 0 Å². The van der Waals surface area contributed by atoms with Crippen molar-refractivity contribution in [2.24, 2.45) is 5.73 Å². The first-order valence-electron chi connectivity index (χ1n) is 9.03. The molecular weight excluding hydrogens is 324 g/mol. The van der Waals surface area contributed by atoms with Crippen LogP contribution in [-0.4, -0.2) is 39.9 Å². The minimum atomic E-state index is 0.504. The Kier molecular flexibility index (Phi) is 8.32. The van der Waals surface area contributed by atoms with Gasteiger partial charge in [-0.3, -0.25) is 0 Å². The van der Waals surface area contributed by atoms with Gasteiger partial charge in [0.2, 0.25) is 0 Å². The SMILES string of the molecule is C[NH2+]/C=C\NCN.Nc1ccc(N2CCN(c3ccccc3)CC2)cc1. The highest BCUT2D eigenvalue weighted by Crippen LogP contribution is 2.21. The molecule has 0 bridgehead atoms. The number of piperazine rings is 1. The van der Waals surface area contributed by atoms with Crippen LogP contribution in [-0.2, 0) is 0 Å². The zero-order chi connectivity index (χ0) is 18.6. The number of rotatable bonds is 5. The molecule has 1 aliphatic heterocycles. The zero-order valence-corrected chi connectivity index (χ0v) is 15.5. The van der Waals surface area contributed by atoms with Crippen LogP contribution in [0.5, 0.6) is 0 Å². The lowest BCUT2D eigenvalue weighted by Crippen LogP contribution is -2.72. The molecule has 0 spiro atoms. The van der Waals surface area contributed by atoms with Crippen molar-refractivity contribution in [3.05, 3.63) is 67.0 Å². The van der Waals surface area contributed by atoms with Gasteiger partial charge in [0.05, 0.1) is 19.9 Å². The first kappa shape index (κ1) is 19.6. The summed E-state index contributed by atoms with van der Waals surface area (Å²) in [5.41, 5.74) is 14.2. The summed E-state index contributed by atoms with van der Waals surface area (Å²) in [6.07, 6.45) is 3.70. The van der Waals surface area contributed by atoms with Crippen molar-refractivity contribution >= 4 is 17.1 Å². The monoisotopic (exact) mass is 355 g/mol. The van der Waals surface area contributed by atoms with Gasteiger partial charge in [-0.2, -0.15) is 0 Å². The van der Waals surface area contributed by atoms with Gasteiger partial charge in [-0.25, -0.2) is 0 Å². The molecule has 0 aromatic heterocycles. The molecule has 0 unspecified atom stereocenters. The van der Waals surface area contributed by atoms with Gasteiger partial charge >= 0.3 is 0 Å². The summed E-state index contributed by atoms with van der Waals surface area (Å²) >= 11 is 0. The maximum atomic E-state index is 5.73. The Labute approximate surface area is 156 Å². The van der Waals surface area contributed by atoms with Gasteiger partial charge < -0.3 is 31.9 Å². The summed E-state index contributed by atoms with van der Waals surface area (Å²) in [6, 6.07) is 18.8. The van der Waals surface area contributed by atoms with Crippen LogP contribution in [0.4, 0.5) is 17.1 Å². The molecule has 1 fully saturated rings. The summed E-state index contributed by atoms with van der Waals surface area (Å²) < 4.78 is 0. The van der Waals surface area contributed by atoms with E-state index in [4.69, 9.17) is 11.5 Å². The minimum Gasteiger partial charge on any atom is -0.399 e. The van der Waals surface area contributed by atoms with Gasteiger partial charge in [-0.1, -0.05) is 18.2 Å². The third-order valence-electron chi connectivity index (χ3n) is 4.18. The van der Waals surface area contributed by atoms with E-state index in [1.165, 1.54) is 11.4 Å². The second kappa shape index (κ2) is 11.0. The lowest BCUT2D eigenvalue weighted by atomic mass is 10.2. The smallest absolute Gasteiger partial charge is 0.108 e. The Morgan fingerprint density at radius 1 is 0.923 bits per heavy atom. The number of nitrogens with zero attached hydrogens (tertiary/aromatic N) is 2. The van der Waals surface area contributed by atoms with Gasteiger partial charge in [0.1, 0.15) is 6.20 Å². The Bertz CT molecular complexity index is 633. The Balaban J connectivity index is 0.000000298. The molecule has 6 nitrogen and oxygen atoms in total. The quantitative estimate of drug-likeness (QED) is 0.470. The molecule has 0 amide bonds. The van der Waals surface area contributed by atoms with Crippen LogP contribution in [0, 0.1) is 0 Å². The largest absolute Gasteiger partial charge is 0.399 e. The first-order valence-corrected chi connectivity index (χ1v) is 9.03. The van der Waals surface area contributed by atoms with Crippen molar-refractivity contribution in [1.29, 1.82) is 0 Å². The average Bonchev–Trinajstić information content (AvgIpc) is 2.70. The molecule has 0 aliphatic carbocycles. The molecule has 6 heteroatoms. The zero-order valence-electron chi connectivity index (χ0n) is 15.5. The molecule has 0 radical (unpaired) electrons. The van der Waals surface area contributed by atoms with Crippen molar-refractivity contribution in [1.82, 2.24) is 5.32 Å². The highest BCUT2D eigenvalue weighted by Gasteiger charge is 2.17. The fourth-order valence-electron chi connectivity index (χ4n) is 2.78. The van der Waals surface area contributed by atoms with E-state index in [-0.39, 0.29) is 0 Å². The molecule has 0 atom stereocenters. The lowest BCUT2D eigenvalue weighted by molar-refractivity contribution is -0.556. The molecule has 7 N–H and O–H groups in total. The normalized spacial score (nSPS) is 14.1. The van der Waals surface area contributed by atoms with E-state index in [0.29, 0.717) is 6.67 Å². The fraction of sp³-hybridized carbons (Fsp3) is 0.300. The maximum absolute atomic E-state index is 5.73. The number of nitrogens with two attached hydrogens (primary N) is 3. The molecule has 1 aliphatic rings. The van der Waals surface area contributed by atoms with Crippen molar-refractivity contribution in [2.45, 2.75) is 0 Å². The number of nitrogens with one attached hydrogen (secondary N) is 1. The van der Waals surface area contributed by atoms with Crippen LogP contribution in [0.15, 0.2) is 67.0 Å². The van der Waals surface area contributed by atoms with Crippen LogP contribution in [0.25, 0.3) is 0 Å². The van der Waals surface area contributed by atoms with Crippen molar-refractivity contribution in [2.75, 3.05) is 55.4 Å². The topological polar surface area (TPSA) is 87.2 Å². The minimum absolute atomic E-state index is 0.504. The highest BCUT2D eigenvalue weighted by atomic mass is 15.3. The third-order valence-corrected chi connectivity index (χ3v) is 4.18. The van der Waals surface area contributed by atoms with Gasteiger partial charge in [-0.15, -0.1) is 0 Å². The standard InChI is InChI=1S/C16H19N3.C4H11N3/c17-14-6-8-16(9-7-14)19-12-10-18(11-13-19)15-4-2-1-3-5-15;1-6-2-3-7-4-5/h1-9H,10-13,17H2;2-3,6-7H,4-5H2,1H3/p+1/b;3-2-. The van der Waals surface area contributed by atoms with Gasteiger partial charge in [-0.05, 0) is 36.4 Å². The van der Waals surface area contributed by atoms with Crippen molar-refractivity contribution in [3.8, 4) is 0 Å². The number of quaternary nitrogens is 1. The summed E-state index contributed by atoms with van der Waals surface area (Å²) in [6.45, 7) is 4.74. The molecule has 0 saturated carbocycles. The molecular formula is C20H31N6+. The molecule has 140 valence electrons. The van der Waals surface area contributed by atoms with Crippen molar-refractivity contribution in [3.63, 3.8) is 0 Å². The van der Waals surface area contributed by atoms with Crippen LogP contribution >= 0.6 is 0 Å². The van der Waals surface area contributed by atoms with Gasteiger partial charge in [0.15, 0.2) is 0 Å². The summed E-state index contributed by atoms with van der Waals surface area (Å²) in [5, 5.41) is 4.75. The van der Waals surface area contributed by atoms with E-state index in [1.807, 2.05) is 30.7 Å². The van der Waals surface area contributed by atoms with E-state index in [0.717, 1.165) is 31.9 Å². The molecule has 1 heterocycles. The molecule has 26 heavy (non-hydrogen) atoms. The molecule has 2 aromatic rings. The van der Waals surface area contributed by atoms with Crippen LogP contribution in [0.1, 0.15) is 0 Å². The summed E-state index contributed by atoms with van der Waals surface area (Å²) in [5.74, 6) is 0. The van der Waals surface area contributed by atoms with E-state index < -0.39 is 0 Å². The predicted octanol–water partition coefficient (Wildman–Crippen LogP) is 0.752. The number of hydrogen-bond acceptors (Lipinski definition) is 5. The second-order valence-electron chi connectivity index (χ2n) is 6.00. The number of nitrogen functional groups attached to an aromatic ring is 1. The number of hydrogen-bond donors (Lipinski definition) is 4. The fourth-order valence-corrected chi connectivity index (χ4v) is 2.78. The van der Waals surface area contributed by atoms with Gasteiger partial charge in [0, 0.05) is 43.2 Å². The van der Waals surface area contributed by atoms with Crippen LogP contribution in [0.2, 0.25) is 0 Å². The first-order chi connectivity index (χ1) is 12.7. The molecule has 3 rings (SSSR count). The summed E-state index contributed by atoms with van der Waals surface area (Å²) in [4.78, 5) is 4.85. The molecule has 2 aromatic carbocycles. The summed E-state index contributed by atoms with van der Waals surface area (Å²) in [7, 11) is 1.95.